The van der Waals surface area contributed by atoms with E-state index in [2.05, 4.69) is 0 Å². The van der Waals surface area contributed by atoms with Gasteiger partial charge in [0, 0.05) is 11.8 Å². The summed E-state index contributed by atoms with van der Waals surface area (Å²) in [6.45, 7) is 0. The van der Waals surface area contributed by atoms with E-state index >= 15 is 0 Å². The highest BCUT2D eigenvalue weighted by molar-refractivity contribution is 6.68. The highest BCUT2D eigenvalue weighted by Crippen LogP contribution is 2.51. The summed E-state index contributed by atoms with van der Waals surface area (Å²) < 4.78 is 0. The summed E-state index contributed by atoms with van der Waals surface area (Å²) in [5.41, 5.74) is 0. The lowest BCUT2D eigenvalue weighted by Crippen LogP contribution is -2.21. The van der Waals surface area contributed by atoms with Crippen molar-refractivity contribution in [1.29, 1.82) is 0 Å². The molecule has 13 heavy (non-hydrogen) atoms. The molecule has 0 aromatic rings. The lowest BCUT2D eigenvalue weighted by Gasteiger charge is -2.15. The third kappa shape index (κ3) is 0.644. The second-order valence-electron chi connectivity index (χ2n) is 4.06. The second-order valence-corrected chi connectivity index (χ2v) is 4.06. The van der Waals surface area contributed by atoms with Crippen molar-refractivity contribution in [3.8, 4) is 0 Å². The van der Waals surface area contributed by atoms with Crippen LogP contribution in [0.15, 0.2) is 12.2 Å². The fourth-order valence-electron chi connectivity index (χ4n) is 2.96. The van der Waals surface area contributed by atoms with E-state index in [1.165, 1.54) is 0 Å². The SMILES string of the molecule is O=C1C(=O)C2C3C=CC(C3)C2C1=O. The van der Waals surface area contributed by atoms with E-state index in [0.29, 0.717) is 0 Å². The van der Waals surface area contributed by atoms with E-state index in [-0.39, 0.29) is 23.7 Å². The van der Waals surface area contributed by atoms with Crippen LogP contribution in [0.4, 0.5) is 0 Å². The summed E-state index contributed by atoms with van der Waals surface area (Å²) in [5, 5.41) is 0. The van der Waals surface area contributed by atoms with Gasteiger partial charge in [0.25, 0.3) is 5.78 Å². The minimum absolute atomic E-state index is 0.165. The Hall–Kier alpha value is -1.25. The zero-order valence-electron chi connectivity index (χ0n) is 6.90. The highest BCUT2D eigenvalue weighted by Gasteiger charge is 2.59. The van der Waals surface area contributed by atoms with Crippen molar-refractivity contribution in [1.82, 2.24) is 0 Å². The van der Waals surface area contributed by atoms with Gasteiger partial charge in [-0.2, -0.15) is 0 Å². The van der Waals surface area contributed by atoms with Gasteiger partial charge in [-0.25, -0.2) is 0 Å². The van der Waals surface area contributed by atoms with Gasteiger partial charge in [0.1, 0.15) is 0 Å². The molecule has 2 saturated carbocycles. The molecule has 0 saturated heterocycles. The Kier molecular flexibility index (Phi) is 1.09. The van der Waals surface area contributed by atoms with Gasteiger partial charge in [0.2, 0.25) is 11.6 Å². The minimum Gasteiger partial charge on any atom is -0.290 e. The molecular formula is C10H8O3. The Balaban J connectivity index is 2.13. The van der Waals surface area contributed by atoms with E-state index < -0.39 is 17.3 Å². The van der Waals surface area contributed by atoms with Gasteiger partial charge in [-0.1, -0.05) is 12.2 Å². The number of hydrogen-bond acceptors (Lipinski definition) is 3. The predicted molar refractivity (Wildman–Crippen MR) is 42.7 cm³/mol. The van der Waals surface area contributed by atoms with E-state index in [1.807, 2.05) is 12.2 Å². The second kappa shape index (κ2) is 1.97. The van der Waals surface area contributed by atoms with Crippen molar-refractivity contribution in [2.24, 2.45) is 23.7 Å². The molecule has 0 spiro atoms. The third-order valence-electron chi connectivity index (χ3n) is 3.51. The summed E-state index contributed by atoms with van der Waals surface area (Å²) >= 11 is 0. The zero-order chi connectivity index (χ0) is 9.16. The van der Waals surface area contributed by atoms with Gasteiger partial charge in [0.05, 0.1) is 0 Å². The number of carbonyl (C=O) groups excluding carboxylic acids is 3. The molecule has 3 nitrogen and oxygen atoms in total. The van der Waals surface area contributed by atoms with Crippen molar-refractivity contribution in [3.05, 3.63) is 12.2 Å². The number of hydrogen-bond donors (Lipinski definition) is 0. The van der Waals surface area contributed by atoms with Gasteiger partial charge in [0.15, 0.2) is 0 Å². The molecule has 4 atom stereocenters. The molecule has 3 aliphatic carbocycles. The van der Waals surface area contributed by atoms with Gasteiger partial charge in [-0.05, 0) is 18.3 Å². The normalized spacial score (nSPS) is 46.3. The molecule has 2 bridgehead atoms. The van der Waals surface area contributed by atoms with Crippen molar-refractivity contribution in [3.63, 3.8) is 0 Å². The first kappa shape index (κ1) is 7.18. The molecule has 0 radical (unpaired) electrons. The first-order valence-electron chi connectivity index (χ1n) is 4.51. The molecule has 0 aromatic carbocycles. The summed E-state index contributed by atoms with van der Waals surface area (Å²) in [4.78, 5) is 33.9. The molecule has 2 fully saturated rings. The van der Waals surface area contributed by atoms with Crippen molar-refractivity contribution in [2.75, 3.05) is 0 Å². The molecule has 0 amide bonds. The average Bonchev–Trinajstić information content (AvgIpc) is 2.76. The summed E-state index contributed by atoms with van der Waals surface area (Å²) in [6.07, 6.45) is 4.85. The van der Waals surface area contributed by atoms with Crippen molar-refractivity contribution in [2.45, 2.75) is 6.42 Å². The summed E-state index contributed by atoms with van der Waals surface area (Å²) in [5.74, 6) is -1.90. The van der Waals surface area contributed by atoms with Gasteiger partial charge in [-0.15, -0.1) is 0 Å². The summed E-state index contributed by atoms with van der Waals surface area (Å²) in [6, 6.07) is 0. The van der Waals surface area contributed by atoms with Crippen LogP contribution >= 0.6 is 0 Å². The largest absolute Gasteiger partial charge is 0.290 e. The fraction of sp³-hybridized carbons (Fsp3) is 0.500. The number of Topliss-reactive ketones (excluding diaryl/α,β-unsaturated/α-hetero) is 3. The Bertz CT molecular complexity index is 334. The molecule has 4 unspecified atom stereocenters. The molecule has 0 heterocycles. The topological polar surface area (TPSA) is 51.2 Å². The summed E-state index contributed by atoms with van der Waals surface area (Å²) in [7, 11) is 0. The number of carbonyl (C=O) groups is 3. The molecule has 0 N–H and O–H groups in total. The molecule has 3 aliphatic rings. The van der Waals surface area contributed by atoms with E-state index in [1.54, 1.807) is 0 Å². The van der Waals surface area contributed by atoms with E-state index in [9.17, 15) is 14.4 Å². The number of rotatable bonds is 0. The van der Waals surface area contributed by atoms with Gasteiger partial charge < -0.3 is 0 Å². The smallest absolute Gasteiger partial charge is 0.264 e. The van der Waals surface area contributed by atoms with E-state index in [0.717, 1.165) is 6.42 Å². The fourth-order valence-corrected chi connectivity index (χ4v) is 2.96. The van der Waals surface area contributed by atoms with Crippen LogP contribution < -0.4 is 0 Å². The maximum absolute atomic E-state index is 11.4. The molecule has 0 aromatic heterocycles. The Morgan fingerprint density at radius 3 is 1.85 bits per heavy atom. The first-order chi connectivity index (χ1) is 6.20. The standard InChI is InChI=1S/C10H8O3/c11-8-6-4-1-2-5(3-4)7(6)9(12)10(8)13/h1-2,4-7H,3H2. The van der Waals surface area contributed by atoms with E-state index in [4.69, 9.17) is 0 Å². The maximum Gasteiger partial charge on any atom is 0.264 e. The minimum atomic E-state index is -0.756. The molecular weight excluding hydrogens is 168 g/mol. The molecule has 3 heteroatoms. The number of ketones is 3. The monoisotopic (exact) mass is 176 g/mol. The lowest BCUT2D eigenvalue weighted by atomic mass is 9.85. The van der Waals surface area contributed by atoms with Crippen LogP contribution in [0.2, 0.25) is 0 Å². The highest BCUT2D eigenvalue weighted by atomic mass is 16.2. The molecule has 66 valence electrons. The van der Waals surface area contributed by atoms with Gasteiger partial charge >= 0.3 is 0 Å². The van der Waals surface area contributed by atoms with Gasteiger partial charge in [-0.3, -0.25) is 14.4 Å². The van der Waals surface area contributed by atoms with Crippen molar-refractivity contribution < 1.29 is 14.4 Å². The lowest BCUT2D eigenvalue weighted by molar-refractivity contribution is -0.141. The van der Waals surface area contributed by atoms with Crippen LogP contribution in [0, 0.1) is 23.7 Å². The third-order valence-corrected chi connectivity index (χ3v) is 3.51. The Morgan fingerprint density at radius 2 is 1.38 bits per heavy atom. The molecule has 3 rings (SSSR count). The predicted octanol–water partition coefficient (Wildman–Crippen LogP) is 0.146. The van der Waals surface area contributed by atoms with Crippen molar-refractivity contribution >= 4 is 17.3 Å². The quantitative estimate of drug-likeness (QED) is 0.390. The van der Waals surface area contributed by atoms with Crippen LogP contribution in [0.1, 0.15) is 6.42 Å². The Morgan fingerprint density at radius 1 is 0.923 bits per heavy atom. The van der Waals surface area contributed by atoms with Crippen LogP contribution in [0.5, 0.6) is 0 Å². The Labute approximate surface area is 74.8 Å². The van der Waals surface area contributed by atoms with Crippen LogP contribution in [0.3, 0.4) is 0 Å². The van der Waals surface area contributed by atoms with Crippen LogP contribution in [-0.4, -0.2) is 17.3 Å². The number of allylic oxidation sites excluding steroid dienone is 2. The zero-order valence-corrected chi connectivity index (χ0v) is 6.90. The van der Waals surface area contributed by atoms with Crippen LogP contribution in [-0.2, 0) is 14.4 Å². The average molecular weight is 176 g/mol. The maximum atomic E-state index is 11.4. The van der Waals surface area contributed by atoms with Crippen LogP contribution in [0.25, 0.3) is 0 Å². The molecule has 0 aliphatic heterocycles. The number of fused-ring (bicyclic) bond motifs is 5. The first-order valence-corrected chi connectivity index (χ1v) is 4.51.